The Hall–Kier alpha value is -8.43. The van der Waals surface area contributed by atoms with Gasteiger partial charge in [0.2, 0.25) is 29.5 Å². The van der Waals surface area contributed by atoms with Gasteiger partial charge < -0.3 is 55.6 Å². The molecule has 0 bridgehead atoms. The Morgan fingerprint density at radius 1 is 0.580 bits per heavy atom. The molecule has 4 aromatic rings. The Bertz CT molecular complexity index is 2750. The van der Waals surface area contributed by atoms with Crippen LogP contribution in [-0.2, 0) is 49.6 Å². The predicted molar refractivity (Wildman–Crippen MR) is 304 cm³/mol. The van der Waals surface area contributed by atoms with Crippen LogP contribution in [0, 0.1) is 17.8 Å². The monoisotopic (exact) mass is 1120 g/mol. The summed E-state index contributed by atoms with van der Waals surface area (Å²) in [6.45, 7) is 13.0. The van der Waals surface area contributed by atoms with Gasteiger partial charge in [-0.3, -0.25) is 44.4 Å². The average Bonchev–Trinajstić information content (AvgIpc) is 3.44. The van der Waals surface area contributed by atoms with E-state index in [0.717, 1.165) is 16.3 Å². The van der Waals surface area contributed by atoms with Gasteiger partial charge in [-0.2, -0.15) is 0 Å². The molecule has 0 radical (unpaired) electrons. The standard InChI is InChI=1S/C59H80N8O14/c1-36(2)31-48(55(72)65-53(38(5)6)58(75)78-9)63-57(74)52(37(3)4)64-51(70)21-16-30-80-45-26-23-41-22-25-44(32-42(41)33-45)79-29-15-20-50(69)62-47(19-13-14-28-60-59(76)81-35-40-17-11-10-12-18-40)56(73)67-66-54(71)46-34-43(61-39(7)68)24-27-49(46)77-8/h10-12,17-18,22-27,32-34,36-38,47-48,52-53H,13-16,19-21,28-31,35H2,1-9H3,(H,60,76)(H,61,68)(H,62,69)(H,63,74)(H,64,70)(H,65,72)(H,66,71)(H,67,73)/t47-,48-,52-,53-/m0/s1. The number of hydrogen-bond acceptors (Lipinski definition) is 14. The number of methoxy groups -OCH3 is 2. The van der Waals surface area contributed by atoms with E-state index >= 15 is 0 Å². The van der Waals surface area contributed by atoms with Crippen molar-refractivity contribution in [3.05, 3.63) is 96.1 Å². The van der Waals surface area contributed by atoms with Crippen molar-refractivity contribution < 1.29 is 66.8 Å². The molecule has 4 aromatic carbocycles. The summed E-state index contributed by atoms with van der Waals surface area (Å²) < 4.78 is 27.4. The second-order valence-corrected chi connectivity index (χ2v) is 20.5. The molecule has 0 unspecified atom stereocenters. The summed E-state index contributed by atoms with van der Waals surface area (Å²) in [6.07, 6.45) is 1.43. The van der Waals surface area contributed by atoms with E-state index in [-0.39, 0.29) is 86.5 Å². The summed E-state index contributed by atoms with van der Waals surface area (Å²) in [7, 11) is 2.61. The number of anilines is 1. The lowest BCUT2D eigenvalue weighted by atomic mass is 9.98. The highest BCUT2D eigenvalue weighted by Crippen LogP contribution is 2.26. The Morgan fingerprint density at radius 2 is 1.21 bits per heavy atom. The Kier molecular flexibility index (Phi) is 27.2. The normalized spacial score (nSPS) is 12.4. The molecule has 0 aromatic heterocycles. The number of hydrogen-bond donors (Lipinski definition) is 8. The molecule has 22 nitrogen and oxygen atoms in total. The number of carbonyl (C=O) groups excluding carboxylic acids is 9. The van der Waals surface area contributed by atoms with Crippen LogP contribution in [0.2, 0.25) is 0 Å². The highest BCUT2D eigenvalue weighted by atomic mass is 16.5. The topological polar surface area (TPSA) is 296 Å². The van der Waals surface area contributed by atoms with Crippen molar-refractivity contribution >= 4 is 69.9 Å². The fourth-order valence-corrected chi connectivity index (χ4v) is 8.26. The third-order valence-electron chi connectivity index (χ3n) is 12.6. The number of esters is 1. The minimum absolute atomic E-state index is 0.00313. The van der Waals surface area contributed by atoms with Gasteiger partial charge in [-0.15, -0.1) is 0 Å². The Balaban J connectivity index is 1.27. The van der Waals surface area contributed by atoms with Crippen molar-refractivity contribution in [1.29, 1.82) is 0 Å². The van der Waals surface area contributed by atoms with Crippen molar-refractivity contribution in [2.75, 3.05) is 39.3 Å². The van der Waals surface area contributed by atoms with Crippen molar-refractivity contribution in [1.82, 2.24) is 37.4 Å². The number of ether oxygens (including phenoxy) is 5. The molecule has 0 fully saturated rings. The number of amides is 8. The SMILES string of the molecule is COC(=O)[C@@H](NC(=O)[C@H](CC(C)C)NC(=O)[C@@H](NC(=O)CCCOc1ccc2ccc(OCCCC(=O)N[C@@H](CCCCNC(=O)OCc3ccccc3)C(=O)NNC(=O)c3cc(NC(C)=O)ccc3OC)cc2c1)C(C)C)C(C)C. The number of carbonyl (C=O) groups is 9. The van der Waals surface area contributed by atoms with Gasteiger partial charge in [0, 0.05) is 32.0 Å². The summed E-state index contributed by atoms with van der Waals surface area (Å²) in [5.41, 5.74) is 5.94. The van der Waals surface area contributed by atoms with Crippen LogP contribution in [0.5, 0.6) is 17.2 Å². The van der Waals surface area contributed by atoms with Crippen LogP contribution in [0.15, 0.2) is 84.9 Å². The Labute approximate surface area is 473 Å². The molecule has 0 aliphatic rings. The van der Waals surface area contributed by atoms with Crippen LogP contribution in [0.4, 0.5) is 10.5 Å². The number of benzene rings is 4. The predicted octanol–water partition coefficient (Wildman–Crippen LogP) is 6.15. The van der Waals surface area contributed by atoms with Gasteiger partial charge in [0.05, 0.1) is 33.0 Å². The highest BCUT2D eigenvalue weighted by molar-refractivity contribution is 6.00. The molecule has 4 rings (SSSR count). The minimum Gasteiger partial charge on any atom is -0.496 e. The van der Waals surface area contributed by atoms with Crippen LogP contribution in [0.3, 0.4) is 0 Å². The van der Waals surface area contributed by atoms with E-state index in [1.54, 1.807) is 39.8 Å². The second kappa shape index (κ2) is 33.9. The molecule has 0 aliphatic carbocycles. The summed E-state index contributed by atoms with van der Waals surface area (Å²) >= 11 is 0. The van der Waals surface area contributed by atoms with Gasteiger partial charge in [0.1, 0.15) is 48.0 Å². The molecule has 4 atom stereocenters. The lowest BCUT2D eigenvalue weighted by Gasteiger charge is -2.28. The first kappa shape index (κ1) is 65.1. The molecule has 0 spiro atoms. The molecule has 0 aliphatic heterocycles. The van der Waals surface area contributed by atoms with E-state index in [2.05, 4.69) is 42.8 Å². The third-order valence-corrected chi connectivity index (χ3v) is 12.6. The fraction of sp³-hybridized carbons (Fsp3) is 0.475. The zero-order valence-electron chi connectivity index (χ0n) is 47.8. The summed E-state index contributed by atoms with van der Waals surface area (Å²) in [5, 5.41) is 18.1. The summed E-state index contributed by atoms with van der Waals surface area (Å²) in [4.78, 5) is 116. The number of hydrazine groups is 1. The lowest BCUT2D eigenvalue weighted by molar-refractivity contribution is -0.146. The van der Waals surface area contributed by atoms with E-state index in [1.165, 1.54) is 33.3 Å². The molecule has 8 N–H and O–H groups in total. The fourth-order valence-electron chi connectivity index (χ4n) is 8.26. The maximum atomic E-state index is 13.5. The van der Waals surface area contributed by atoms with E-state index in [4.69, 9.17) is 23.7 Å². The zero-order valence-corrected chi connectivity index (χ0v) is 47.8. The maximum Gasteiger partial charge on any atom is 0.407 e. The molecule has 8 amide bonds. The van der Waals surface area contributed by atoms with Gasteiger partial charge in [-0.05, 0) is 115 Å². The lowest BCUT2D eigenvalue weighted by Crippen LogP contribution is -2.57. The van der Waals surface area contributed by atoms with Gasteiger partial charge in [-0.25, -0.2) is 9.59 Å². The molecule has 0 heterocycles. The molecule has 81 heavy (non-hydrogen) atoms. The maximum absolute atomic E-state index is 13.5. The molecular formula is C59H80N8O14. The molecule has 22 heteroatoms. The van der Waals surface area contributed by atoms with Gasteiger partial charge in [0.25, 0.3) is 11.8 Å². The first-order valence-electron chi connectivity index (χ1n) is 27.2. The Morgan fingerprint density at radius 3 is 1.79 bits per heavy atom. The van der Waals surface area contributed by atoms with Crippen LogP contribution < -0.4 is 57.0 Å². The first-order chi connectivity index (χ1) is 38.7. The summed E-state index contributed by atoms with van der Waals surface area (Å²) in [5.74, 6) is -3.44. The zero-order chi connectivity index (χ0) is 59.4. The van der Waals surface area contributed by atoms with Crippen LogP contribution >= 0.6 is 0 Å². The van der Waals surface area contributed by atoms with E-state index in [1.807, 2.05) is 74.5 Å². The van der Waals surface area contributed by atoms with E-state index < -0.39 is 65.8 Å². The minimum atomic E-state index is -1.07. The second-order valence-electron chi connectivity index (χ2n) is 20.5. The third kappa shape index (κ3) is 23.1. The van der Waals surface area contributed by atoms with Crippen molar-refractivity contribution in [3.8, 4) is 17.2 Å². The smallest absolute Gasteiger partial charge is 0.407 e. The number of nitrogens with one attached hydrogen (secondary N) is 8. The summed E-state index contributed by atoms with van der Waals surface area (Å²) in [6, 6.07) is 20.9. The van der Waals surface area contributed by atoms with Crippen molar-refractivity contribution in [2.24, 2.45) is 17.8 Å². The molecule has 440 valence electrons. The highest BCUT2D eigenvalue weighted by Gasteiger charge is 2.33. The average molecular weight is 1130 g/mol. The van der Waals surface area contributed by atoms with E-state index in [9.17, 15) is 43.2 Å². The van der Waals surface area contributed by atoms with Crippen molar-refractivity contribution in [2.45, 2.75) is 131 Å². The van der Waals surface area contributed by atoms with Crippen molar-refractivity contribution in [3.63, 3.8) is 0 Å². The molecule has 0 saturated carbocycles. The van der Waals surface area contributed by atoms with Crippen LogP contribution in [0.1, 0.15) is 116 Å². The number of rotatable bonds is 32. The van der Waals surface area contributed by atoms with Gasteiger partial charge in [-0.1, -0.05) is 84.0 Å². The van der Waals surface area contributed by atoms with Crippen LogP contribution in [0.25, 0.3) is 10.8 Å². The van der Waals surface area contributed by atoms with Gasteiger partial charge in [0.15, 0.2) is 0 Å². The largest absolute Gasteiger partial charge is 0.496 e. The van der Waals surface area contributed by atoms with Gasteiger partial charge >= 0.3 is 12.1 Å². The quantitative estimate of drug-likeness (QED) is 0.0155. The molecule has 0 saturated heterocycles. The van der Waals surface area contributed by atoms with E-state index in [0.29, 0.717) is 49.3 Å². The molecular weight excluding hydrogens is 1040 g/mol. The number of alkyl carbamates (subject to hydrolysis) is 1. The first-order valence-corrected chi connectivity index (χ1v) is 27.2. The number of unbranched alkanes of at least 4 members (excludes halogenated alkanes) is 1. The van der Waals surface area contributed by atoms with Crippen LogP contribution in [-0.4, -0.2) is 112 Å². The number of fused-ring (bicyclic) bond motifs is 1.